The molecule has 2 aromatic rings. The molecule has 0 spiro atoms. The first-order chi connectivity index (χ1) is 14.6. The molecule has 158 valence electrons. The van der Waals surface area contributed by atoms with Crippen molar-refractivity contribution < 1.29 is 19.1 Å². The summed E-state index contributed by atoms with van der Waals surface area (Å²) in [7, 11) is 1.60. The lowest BCUT2D eigenvalue weighted by Gasteiger charge is -2.36. The molecule has 6 nitrogen and oxygen atoms in total. The number of rotatable bonds is 7. The first-order valence-corrected chi connectivity index (χ1v) is 10.5. The Morgan fingerprint density at radius 3 is 2.57 bits per heavy atom. The molecular weight excluding hydrogens is 380 g/mol. The second kappa shape index (κ2) is 9.30. The SMILES string of the molecule is COc1cccc(C(=O)N(CC2CC2)CC2CN(C(=O)c3ccccc3)CCO2)c1. The van der Waals surface area contributed by atoms with Crippen LogP contribution in [0.15, 0.2) is 54.6 Å². The molecule has 1 aliphatic carbocycles. The highest BCUT2D eigenvalue weighted by molar-refractivity contribution is 5.95. The standard InChI is InChI=1S/C24H28N2O4/c1-29-21-9-5-8-20(14-21)24(28)26(15-18-10-11-18)17-22-16-25(12-13-30-22)23(27)19-6-3-2-4-7-19/h2-9,14,18,22H,10-13,15-17H2,1H3. The molecule has 2 aromatic carbocycles. The van der Waals surface area contributed by atoms with E-state index in [1.807, 2.05) is 58.3 Å². The molecule has 2 aliphatic rings. The number of methoxy groups -OCH3 is 1. The Bertz CT molecular complexity index is 882. The second-order valence-electron chi connectivity index (χ2n) is 8.00. The van der Waals surface area contributed by atoms with Gasteiger partial charge in [-0.25, -0.2) is 0 Å². The third-order valence-corrected chi connectivity index (χ3v) is 5.65. The number of carbonyl (C=O) groups is 2. The van der Waals surface area contributed by atoms with Crippen molar-refractivity contribution >= 4 is 11.8 Å². The van der Waals surface area contributed by atoms with Crippen LogP contribution in [0.25, 0.3) is 0 Å². The molecule has 0 N–H and O–H groups in total. The number of ether oxygens (including phenoxy) is 2. The highest BCUT2D eigenvalue weighted by atomic mass is 16.5. The number of nitrogens with zero attached hydrogens (tertiary/aromatic N) is 2. The minimum Gasteiger partial charge on any atom is -0.497 e. The van der Waals surface area contributed by atoms with E-state index in [9.17, 15) is 9.59 Å². The molecule has 1 aliphatic heterocycles. The average Bonchev–Trinajstić information content (AvgIpc) is 3.62. The number of benzene rings is 2. The van der Waals surface area contributed by atoms with E-state index in [0.717, 1.165) is 19.4 Å². The Morgan fingerprint density at radius 2 is 1.83 bits per heavy atom. The van der Waals surface area contributed by atoms with Gasteiger partial charge in [-0.1, -0.05) is 24.3 Å². The van der Waals surface area contributed by atoms with E-state index in [1.54, 1.807) is 13.2 Å². The van der Waals surface area contributed by atoms with Gasteiger partial charge in [-0.05, 0) is 49.1 Å². The van der Waals surface area contributed by atoms with Crippen molar-refractivity contribution in [3.63, 3.8) is 0 Å². The van der Waals surface area contributed by atoms with E-state index in [2.05, 4.69) is 0 Å². The van der Waals surface area contributed by atoms with Gasteiger partial charge in [0, 0.05) is 37.3 Å². The van der Waals surface area contributed by atoms with Gasteiger partial charge in [0.1, 0.15) is 5.75 Å². The molecule has 0 bridgehead atoms. The van der Waals surface area contributed by atoms with Crippen LogP contribution in [0.1, 0.15) is 33.6 Å². The lowest BCUT2D eigenvalue weighted by molar-refractivity contribution is -0.0335. The van der Waals surface area contributed by atoms with E-state index < -0.39 is 0 Å². The van der Waals surface area contributed by atoms with Crippen LogP contribution < -0.4 is 4.74 Å². The maximum atomic E-state index is 13.2. The number of hydrogen-bond donors (Lipinski definition) is 0. The second-order valence-corrected chi connectivity index (χ2v) is 8.00. The lowest BCUT2D eigenvalue weighted by Crippen LogP contribution is -2.51. The number of hydrogen-bond acceptors (Lipinski definition) is 4. The minimum absolute atomic E-state index is 0.0109. The molecule has 1 unspecified atom stereocenters. The summed E-state index contributed by atoms with van der Waals surface area (Å²) in [5.74, 6) is 1.22. The molecule has 1 saturated carbocycles. The van der Waals surface area contributed by atoms with Crippen LogP contribution in [0.4, 0.5) is 0 Å². The highest BCUT2D eigenvalue weighted by Crippen LogP contribution is 2.30. The molecule has 1 atom stereocenters. The smallest absolute Gasteiger partial charge is 0.254 e. The maximum Gasteiger partial charge on any atom is 0.254 e. The van der Waals surface area contributed by atoms with Gasteiger partial charge in [-0.15, -0.1) is 0 Å². The summed E-state index contributed by atoms with van der Waals surface area (Å²) in [6.45, 7) is 2.73. The van der Waals surface area contributed by atoms with Crippen LogP contribution in [0.3, 0.4) is 0 Å². The minimum atomic E-state index is -0.195. The molecule has 4 rings (SSSR count). The predicted molar refractivity (Wildman–Crippen MR) is 114 cm³/mol. The fourth-order valence-corrected chi connectivity index (χ4v) is 3.81. The Morgan fingerprint density at radius 1 is 1.07 bits per heavy atom. The summed E-state index contributed by atoms with van der Waals surface area (Å²) >= 11 is 0. The molecule has 1 saturated heterocycles. The van der Waals surface area contributed by atoms with Crippen molar-refractivity contribution in [2.24, 2.45) is 5.92 Å². The van der Waals surface area contributed by atoms with Gasteiger partial charge in [-0.3, -0.25) is 9.59 Å². The molecule has 0 aromatic heterocycles. The van der Waals surface area contributed by atoms with E-state index in [4.69, 9.17) is 9.47 Å². The van der Waals surface area contributed by atoms with Crippen molar-refractivity contribution in [3.05, 3.63) is 65.7 Å². The van der Waals surface area contributed by atoms with Crippen molar-refractivity contribution in [1.29, 1.82) is 0 Å². The van der Waals surface area contributed by atoms with E-state index in [1.165, 1.54) is 0 Å². The Kier molecular flexibility index (Phi) is 6.33. The largest absolute Gasteiger partial charge is 0.497 e. The zero-order valence-electron chi connectivity index (χ0n) is 17.3. The third kappa shape index (κ3) is 5.00. The third-order valence-electron chi connectivity index (χ3n) is 5.65. The zero-order chi connectivity index (χ0) is 20.9. The number of amides is 2. The van der Waals surface area contributed by atoms with Gasteiger partial charge >= 0.3 is 0 Å². The Labute approximate surface area is 177 Å². The van der Waals surface area contributed by atoms with E-state index in [0.29, 0.717) is 49.0 Å². The summed E-state index contributed by atoms with van der Waals surface area (Å²) in [4.78, 5) is 29.8. The molecular formula is C24H28N2O4. The van der Waals surface area contributed by atoms with Gasteiger partial charge in [0.05, 0.1) is 19.8 Å². The summed E-state index contributed by atoms with van der Waals surface area (Å²) in [6, 6.07) is 16.6. The Hall–Kier alpha value is -2.86. The molecule has 2 amide bonds. The lowest BCUT2D eigenvalue weighted by atomic mass is 10.1. The first kappa shape index (κ1) is 20.4. The van der Waals surface area contributed by atoms with Gasteiger partial charge in [0.2, 0.25) is 0 Å². The monoisotopic (exact) mass is 408 g/mol. The summed E-state index contributed by atoms with van der Waals surface area (Å²) in [5, 5.41) is 0. The Balaban J connectivity index is 1.44. The number of morpholine rings is 1. The fourth-order valence-electron chi connectivity index (χ4n) is 3.81. The molecule has 0 radical (unpaired) electrons. The maximum absolute atomic E-state index is 13.2. The van der Waals surface area contributed by atoms with Gasteiger partial charge in [0.15, 0.2) is 0 Å². The zero-order valence-corrected chi connectivity index (χ0v) is 17.3. The first-order valence-electron chi connectivity index (χ1n) is 10.5. The molecule has 30 heavy (non-hydrogen) atoms. The van der Waals surface area contributed by atoms with Crippen LogP contribution in [0.2, 0.25) is 0 Å². The summed E-state index contributed by atoms with van der Waals surface area (Å²) < 4.78 is 11.2. The van der Waals surface area contributed by atoms with Crippen LogP contribution in [0, 0.1) is 5.92 Å². The van der Waals surface area contributed by atoms with Crippen LogP contribution in [-0.4, -0.2) is 67.6 Å². The van der Waals surface area contributed by atoms with Crippen molar-refractivity contribution in [2.75, 3.05) is 39.9 Å². The summed E-state index contributed by atoms with van der Waals surface area (Å²) in [6.07, 6.45) is 2.12. The van der Waals surface area contributed by atoms with E-state index >= 15 is 0 Å². The van der Waals surface area contributed by atoms with Gasteiger partial charge in [-0.2, -0.15) is 0 Å². The molecule has 2 fully saturated rings. The topological polar surface area (TPSA) is 59.1 Å². The van der Waals surface area contributed by atoms with Gasteiger partial charge in [0.25, 0.3) is 11.8 Å². The average molecular weight is 408 g/mol. The highest BCUT2D eigenvalue weighted by Gasteiger charge is 2.32. The molecule has 6 heteroatoms. The quantitative estimate of drug-likeness (QED) is 0.707. The van der Waals surface area contributed by atoms with Crippen LogP contribution >= 0.6 is 0 Å². The van der Waals surface area contributed by atoms with Crippen molar-refractivity contribution in [1.82, 2.24) is 9.80 Å². The van der Waals surface area contributed by atoms with Crippen LogP contribution in [0.5, 0.6) is 5.75 Å². The summed E-state index contributed by atoms with van der Waals surface area (Å²) in [5.41, 5.74) is 1.29. The normalized spacial score (nSPS) is 18.7. The predicted octanol–water partition coefficient (Wildman–Crippen LogP) is 3.09. The molecule has 1 heterocycles. The fraction of sp³-hybridized carbons (Fsp3) is 0.417. The number of carbonyl (C=O) groups excluding carboxylic acids is 2. The van der Waals surface area contributed by atoms with E-state index in [-0.39, 0.29) is 17.9 Å². The van der Waals surface area contributed by atoms with Crippen LogP contribution in [-0.2, 0) is 4.74 Å². The van der Waals surface area contributed by atoms with Crippen molar-refractivity contribution in [3.8, 4) is 5.75 Å². The van der Waals surface area contributed by atoms with Crippen molar-refractivity contribution in [2.45, 2.75) is 18.9 Å². The van der Waals surface area contributed by atoms with Gasteiger partial charge < -0.3 is 19.3 Å².